The van der Waals surface area contributed by atoms with Crippen LogP contribution in [0.2, 0.25) is 0 Å². The summed E-state index contributed by atoms with van der Waals surface area (Å²) in [6.07, 6.45) is -0.121. The molecule has 0 aromatic carbocycles. The molecule has 0 bridgehead atoms. The SMILES string of the molecule is CC1CC[C@H]2OC(=O)OC(=O)O[C@H]2C1. The Bertz CT molecular complexity index is 262. The molecule has 0 aromatic rings. The van der Waals surface area contributed by atoms with Crippen molar-refractivity contribution in [2.24, 2.45) is 5.92 Å². The third-order valence-electron chi connectivity index (χ3n) is 2.66. The first-order valence-electron chi connectivity index (χ1n) is 4.74. The van der Waals surface area contributed by atoms with Gasteiger partial charge in [0.05, 0.1) is 0 Å². The molecule has 5 nitrogen and oxygen atoms in total. The third-order valence-corrected chi connectivity index (χ3v) is 2.66. The Hall–Kier alpha value is -1.26. The van der Waals surface area contributed by atoms with Gasteiger partial charge >= 0.3 is 12.3 Å². The van der Waals surface area contributed by atoms with E-state index in [0.717, 1.165) is 19.3 Å². The molecule has 5 heteroatoms. The Morgan fingerprint density at radius 2 is 1.71 bits per heavy atom. The van der Waals surface area contributed by atoms with Crippen LogP contribution < -0.4 is 0 Å². The lowest BCUT2D eigenvalue weighted by atomic mass is 9.86. The highest BCUT2D eigenvalue weighted by molar-refractivity contribution is 5.77. The molecule has 1 aliphatic heterocycles. The zero-order valence-electron chi connectivity index (χ0n) is 7.89. The van der Waals surface area contributed by atoms with E-state index < -0.39 is 12.3 Å². The van der Waals surface area contributed by atoms with E-state index >= 15 is 0 Å². The molecule has 0 amide bonds. The molecule has 0 aromatic heterocycles. The molecule has 1 unspecified atom stereocenters. The van der Waals surface area contributed by atoms with Gasteiger partial charge < -0.3 is 14.2 Å². The first-order valence-corrected chi connectivity index (χ1v) is 4.74. The second kappa shape index (κ2) is 3.48. The number of fused-ring (bicyclic) bond motifs is 1. The van der Waals surface area contributed by atoms with E-state index in [-0.39, 0.29) is 12.2 Å². The van der Waals surface area contributed by atoms with Gasteiger partial charge in [0.2, 0.25) is 0 Å². The van der Waals surface area contributed by atoms with Gasteiger partial charge in [0.1, 0.15) is 12.2 Å². The van der Waals surface area contributed by atoms with Crippen molar-refractivity contribution in [3.05, 3.63) is 0 Å². The quantitative estimate of drug-likeness (QED) is 0.441. The third kappa shape index (κ3) is 1.81. The topological polar surface area (TPSA) is 61.8 Å². The number of carbonyl (C=O) groups is 2. The van der Waals surface area contributed by atoms with E-state index in [9.17, 15) is 9.59 Å². The molecule has 2 aliphatic rings. The summed E-state index contributed by atoms with van der Waals surface area (Å²) >= 11 is 0. The van der Waals surface area contributed by atoms with Gasteiger partial charge in [-0.1, -0.05) is 6.92 Å². The lowest BCUT2D eigenvalue weighted by molar-refractivity contribution is -0.0228. The van der Waals surface area contributed by atoms with Crippen molar-refractivity contribution in [3.63, 3.8) is 0 Å². The second-order valence-corrected chi connectivity index (χ2v) is 3.83. The normalized spacial score (nSPS) is 37.4. The average Bonchev–Trinajstić information content (AvgIpc) is 2.21. The van der Waals surface area contributed by atoms with Crippen molar-refractivity contribution in [1.29, 1.82) is 0 Å². The Kier molecular flexibility index (Phi) is 2.31. The molecular weight excluding hydrogens is 188 g/mol. The Morgan fingerprint density at radius 1 is 1.07 bits per heavy atom. The van der Waals surface area contributed by atoms with Crippen LogP contribution in [0.25, 0.3) is 0 Å². The molecule has 78 valence electrons. The minimum atomic E-state index is -0.948. The van der Waals surface area contributed by atoms with Crippen molar-refractivity contribution in [1.82, 2.24) is 0 Å². The monoisotopic (exact) mass is 200 g/mol. The molecule has 1 saturated heterocycles. The molecule has 2 fully saturated rings. The van der Waals surface area contributed by atoms with Gasteiger partial charge in [-0.2, -0.15) is 0 Å². The minimum Gasteiger partial charge on any atom is -0.427 e. The maximum Gasteiger partial charge on any atom is 0.518 e. The van der Waals surface area contributed by atoms with Gasteiger partial charge in [-0.05, 0) is 25.2 Å². The predicted octanol–water partition coefficient (Wildman–Crippen LogP) is 1.85. The first kappa shape index (κ1) is 9.30. The number of hydrogen-bond donors (Lipinski definition) is 0. The molecule has 0 radical (unpaired) electrons. The molecule has 0 N–H and O–H groups in total. The lowest BCUT2D eigenvalue weighted by Gasteiger charge is -2.30. The summed E-state index contributed by atoms with van der Waals surface area (Å²) in [4.78, 5) is 21.8. The van der Waals surface area contributed by atoms with Crippen LogP contribution in [0.1, 0.15) is 26.2 Å². The zero-order chi connectivity index (χ0) is 10.1. The highest BCUT2D eigenvalue weighted by Crippen LogP contribution is 2.30. The molecule has 1 aliphatic carbocycles. The summed E-state index contributed by atoms with van der Waals surface area (Å²) in [5, 5.41) is 0. The van der Waals surface area contributed by atoms with Crippen molar-refractivity contribution in [2.75, 3.05) is 0 Å². The summed E-state index contributed by atoms with van der Waals surface area (Å²) in [5.74, 6) is 0.487. The van der Waals surface area contributed by atoms with Crippen LogP contribution in [0.3, 0.4) is 0 Å². The number of ether oxygens (including phenoxy) is 3. The molecule has 14 heavy (non-hydrogen) atoms. The van der Waals surface area contributed by atoms with E-state index in [4.69, 9.17) is 9.47 Å². The molecule has 0 spiro atoms. The van der Waals surface area contributed by atoms with E-state index in [1.165, 1.54) is 0 Å². The van der Waals surface area contributed by atoms with E-state index in [0.29, 0.717) is 5.92 Å². The molecule has 2 rings (SSSR count). The van der Waals surface area contributed by atoms with Gasteiger partial charge in [-0.15, -0.1) is 0 Å². The van der Waals surface area contributed by atoms with Gasteiger partial charge in [-0.3, -0.25) is 0 Å². The van der Waals surface area contributed by atoms with Crippen molar-refractivity contribution < 1.29 is 23.8 Å². The van der Waals surface area contributed by atoms with Crippen molar-refractivity contribution in [2.45, 2.75) is 38.4 Å². The van der Waals surface area contributed by atoms with Gasteiger partial charge in [0.15, 0.2) is 0 Å². The summed E-state index contributed by atoms with van der Waals surface area (Å²) in [5.41, 5.74) is 0. The Morgan fingerprint density at radius 3 is 2.43 bits per heavy atom. The number of cyclic esters (lactones) is 2. The fraction of sp³-hybridized carbons (Fsp3) is 0.778. The molecular formula is C9H12O5. The standard InChI is InChI=1S/C9H12O5/c1-5-2-3-6-7(4-5)13-9(11)14-8(10)12-6/h5-7H,2-4H2,1H3/t5?,6-,7+/m1/s1. The summed E-state index contributed by atoms with van der Waals surface area (Å²) in [7, 11) is 0. The van der Waals surface area contributed by atoms with Gasteiger partial charge in [-0.25, -0.2) is 9.59 Å². The highest BCUT2D eigenvalue weighted by Gasteiger charge is 2.38. The van der Waals surface area contributed by atoms with Crippen LogP contribution in [-0.4, -0.2) is 24.5 Å². The Labute approximate surface area is 81.3 Å². The van der Waals surface area contributed by atoms with Crippen molar-refractivity contribution >= 4 is 12.3 Å². The fourth-order valence-corrected chi connectivity index (χ4v) is 1.92. The smallest absolute Gasteiger partial charge is 0.427 e. The van der Waals surface area contributed by atoms with Gasteiger partial charge in [0, 0.05) is 0 Å². The maximum atomic E-state index is 10.9. The molecule has 1 saturated carbocycles. The fourth-order valence-electron chi connectivity index (χ4n) is 1.92. The molecule has 3 atom stereocenters. The average molecular weight is 200 g/mol. The minimum absolute atomic E-state index is 0.329. The Balaban J connectivity index is 2.09. The summed E-state index contributed by atoms with van der Waals surface area (Å²) in [6.45, 7) is 2.08. The summed E-state index contributed by atoms with van der Waals surface area (Å²) in [6, 6.07) is 0. The maximum absolute atomic E-state index is 10.9. The van der Waals surface area contributed by atoms with Crippen LogP contribution in [0.15, 0.2) is 0 Å². The van der Waals surface area contributed by atoms with Gasteiger partial charge in [0.25, 0.3) is 0 Å². The van der Waals surface area contributed by atoms with Crippen LogP contribution in [0, 0.1) is 5.92 Å². The summed E-state index contributed by atoms with van der Waals surface area (Å²) < 4.78 is 14.1. The van der Waals surface area contributed by atoms with E-state index in [2.05, 4.69) is 11.7 Å². The number of carbonyl (C=O) groups excluding carboxylic acids is 2. The highest BCUT2D eigenvalue weighted by atomic mass is 16.8. The van der Waals surface area contributed by atoms with E-state index in [1.54, 1.807) is 0 Å². The van der Waals surface area contributed by atoms with Crippen LogP contribution in [0.5, 0.6) is 0 Å². The van der Waals surface area contributed by atoms with Crippen LogP contribution in [-0.2, 0) is 14.2 Å². The largest absolute Gasteiger partial charge is 0.518 e. The van der Waals surface area contributed by atoms with E-state index in [1.807, 2.05) is 0 Å². The second-order valence-electron chi connectivity index (χ2n) is 3.83. The van der Waals surface area contributed by atoms with Crippen LogP contribution in [0.4, 0.5) is 9.59 Å². The molecule has 1 heterocycles. The first-order chi connectivity index (χ1) is 6.65. The zero-order valence-corrected chi connectivity index (χ0v) is 7.89. The predicted molar refractivity (Wildman–Crippen MR) is 44.6 cm³/mol. The van der Waals surface area contributed by atoms with Crippen molar-refractivity contribution in [3.8, 4) is 0 Å². The van der Waals surface area contributed by atoms with Crippen LogP contribution >= 0.6 is 0 Å². The lowest BCUT2D eigenvalue weighted by Crippen LogP contribution is -2.36. The number of hydrogen-bond acceptors (Lipinski definition) is 5. The number of rotatable bonds is 0.